The summed E-state index contributed by atoms with van der Waals surface area (Å²) in [7, 11) is 1.53. The molecule has 0 bridgehead atoms. The monoisotopic (exact) mass is 848 g/mol. The van der Waals surface area contributed by atoms with Crippen LogP contribution in [0.1, 0.15) is 187 Å². The lowest BCUT2D eigenvalue weighted by Gasteiger charge is -2.25. The van der Waals surface area contributed by atoms with Crippen molar-refractivity contribution in [3.05, 3.63) is 72.9 Å². The van der Waals surface area contributed by atoms with Gasteiger partial charge in [-0.05, 0) is 83.5 Å². The second-order valence-corrected chi connectivity index (χ2v) is 18.6. The van der Waals surface area contributed by atoms with E-state index in [1.807, 2.05) is 27.2 Å². The highest BCUT2D eigenvalue weighted by Gasteiger charge is 2.27. The number of amides is 1. The summed E-state index contributed by atoms with van der Waals surface area (Å²) in [5, 5.41) is 13.8. The number of aliphatic hydroxyl groups excluding tert-OH is 1. The summed E-state index contributed by atoms with van der Waals surface area (Å²) in [5.41, 5.74) is 0. The number of allylic oxidation sites excluding steroid dienone is 11. The van der Waals surface area contributed by atoms with Gasteiger partial charge in [-0.3, -0.25) is 13.8 Å². The molecular weight excluding hydrogens is 756 g/mol. The molecule has 3 atom stereocenters. The lowest BCUT2D eigenvalue weighted by Crippen LogP contribution is -2.45. The summed E-state index contributed by atoms with van der Waals surface area (Å²) < 4.78 is 23.5. The molecule has 0 aliphatic rings. The second-order valence-electron chi connectivity index (χ2n) is 17.1. The van der Waals surface area contributed by atoms with E-state index in [0.717, 1.165) is 64.2 Å². The van der Waals surface area contributed by atoms with Gasteiger partial charge in [0.05, 0.1) is 39.9 Å². The van der Waals surface area contributed by atoms with Crippen LogP contribution in [-0.2, 0) is 18.4 Å². The molecule has 0 aliphatic heterocycles. The van der Waals surface area contributed by atoms with Crippen LogP contribution < -0.4 is 5.32 Å². The Hall–Kier alpha value is -2.06. The van der Waals surface area contributed by atoms with Gasteiger partial charge in [0.15, 0.2) is 0 Å². The number of carbonyl (C=O) groups excluding carboxylic acids is 1. The normalized spacial score (nSPS) is 14.9. The molecule has 3 unspecified atom stereocenters. The number of hydrogen-bond donors (Lipinski definition) is 3. The first kappa shape index (κ1) is 56.9. The van der Waals surface area contributed by atoms with E-state index in [-0.39, 0.29) is 19.1 Å². The maximum Gasteiger partial charge on any atom is 0.472 e. The van der Waals surface area contributed by atoms with Crippen LogP contribution in [0.25, 0.3) is 0 Å². The fourth-order valence-electron chi connectivity index (χ4n) is 6.31. The standard InChI is InChI=1S/C50H91N2O6P/c1-6-8-10-12-14-16-18-20-22-23-24-25-26-27-28-29-30-32-34-36-38-40-42-44-50(54)51-48(47-58-59(55,56)57-46-45-52(3,4)5)49(53)43-41-39-37-35-33-31-21-19-17-15-13-11-9-7-2/h17-20,23-24,26-27,33,35,41,43,48-49,53H,6-16,21-22,25,28-32,34,36-40,42,44-47H2,1-5H3,(H-,51,54,55,56)/p+1/b19-17+,20-18-,24-23-,27-26-,35-33+,43-41+. The number of likely N-dealkylation sites (N-methyl/N-ethyl adjacent to an activating group) is 1. The number of nitrogens with one attached hydrogen (secondary N) is 1. The van der Waals surface area contributed by atoms with E-state index in [9.17, 15) is 19.4 Å². The number of nitrogens with zero attached hydrogens (tertiary/aromatic N) is 1. The van der Waals surface area contributed by atoms with Crippen molar-refractivity contribution in [2.75, 3.05) is 40.9 Å². The molecule has 8 nitrogen and oxygen atoms in total. The lowest BCUT2D eigenvalue weighted by molar-refractivity contribution is -0.870. The van der Waals surface area contributed by atoms with Gasteiger partial charge in [-0.15, -0.1) is 0 Å². The van der Waals surface area contributed by atoms with Crippen LogP contribution in [0.2, 0.25) is 0 Å². The summed E-state index contributed by atoms with van der Waals surface area (Å²) in [5.74, 6) is -0.202. The molecule has 0 aromatic heterocycles. The molecule has 0 spiro atoms. The Balaban J connectivity index is 4.40. The predicted octanol–water partition coefficient (Wildman–Crippen LogP) is 13.6. The Morgan fingerprint density at radius 1 is 0.576 bits per heavy atom. The molecule has 0 aromatic carbocycles. The zero-order valence-electron chi connectivity index (χ0n) is 38.7. The Morgan fingerprint density at radius 3 is 1.49 bits per heavy atom. The first-order chi connectivity index (χ1) is 28.5. The van der Waals surface area contributed by atoms with Crippen molar-refractivity contribution in [2.24, 2.45) is 0 Å². The summed E-state index contributed by atoms with van der Waals surface area (Å²) in [6.45, 7) is 4.73. The van der Waals surface area contributed by atoms with Crippen molar-refractivity contribution < 1.29 is 32.9 Å². The van der Waals surface area contributed by atoms with Gasteiger partial charge in [0.2, 0.25) is 5.91 Å². The van der Waals surface area contributed by atoms with Crippen LogP contribution in [0, 0.1) is 0 Å². The molecular formula is C50H92N2O6P+. The molecule has 0 aromatic rings. The molecule has 0 fully saturated rings. The average Bonchev–Trinajstić information content (AvgIpc) is 3.19. The van der Waals surface area contributed by atoms with E-state index in [1.165, 1.54) is 103 Å². The third-order valence-corrected chi connectivity index (χ3v) is 11.1. The van der Waals surface area contributed by atoms with Gasteiger partial charge < -0.3 is 19.8 Å². The van der Waals surface area contributed by atoms with Gasteiger partial charge >= 0.3 is 7.82 Å². The van der Waals surface area contributed by atoms with Crippen LogP contribution in [0.5, 0.6) is 0 Å². The highest BCUT2D eigenvalue weighted by atomic mass is 31.2. The number of rotatable bonds is 42. The third kappa shape index (κ3) is 43.8. The minimum Gasteiger partial charge on any atom is -0.387 e. The minimum absolute atomic E-state index is 0.0486. The fraction of sp³-hybridized carbons (Fsp3) is 0.740. The van der Waals surface area contributed by atoms with Crippen molar-refractivity contribution in [1.82, 2.24) is 5.32 Å². The molecule has 0 heterocycles. The summed E-state index contributed by atoms with van der Waals surface area (Å²) >= 11 is 0. The van der Waals surface area contributed by atoms with E-state index in [4.69, 9.17) is 9.05 Å². The second kappa shape index (κ2) is 41.3. The highest BCUT2D eigenvalue weighted by molar-refractivity contribution is 7.47. The van der Waals surface area contributed by atoms with Crippen LogP contribution in [-0.4, -0.2) is 73.4 Å². The fourth-order valence-corrected chi connectivity index (χ4v) is 7.05. The maximum atomic E-state index is 12.9. The van der Waals surface area contributed by atoms with E-state index in [1.54, 1.807) is 6.08 Å². The highest BCUT2D eigenvalue weighted by Crippen LogP contribution is 2.43. The molecule has 0 rings (SSSR count). The van der Waals surface area contributed by atoms with Gasteiger partial charge in [-0.1, -0.05) is 170 Å². The van der Waals surface area contributed by atoms with E-state index in [0.29, 0.717) is 17.4 Å². The summed E-state index contributed by atoms with van der Waals surface area (Å²) in [4.78, 5) is 23.1. The van der Waals surface area contributed by atoms with E-state index >= 15 is 0 Å². The van der Waals surface area contributed by atoms with Crippen molar-refractivity contribution in [2.45, 2.75) is 199 Å². The zero-order chi connectivity index (χ0) is 43.6. The predicted molar refractivity (Wildman–Crippen MR) is 253 cm³/mol. The topological polar surface area (TPSA) is 105 Å². The first-order valence-corrected chi connectivity index (χ1v) is 25.3. The van der Waals surface area contributed by atoms with Crippen molar-refractivity contribution >= 4 is 13.7 Å². The Kier molecular flexibility index (Phi) is 39.9. The number of phosphoric acid groups is 1. The van der Waals surface area contributed by atoms with Gasteiger partial charge in [0.25, 0.3) is 0 Å². The lowest BCUT2D eigenvalue weighted by atomic mass is 10.1. The molecule has 0 aliphatic carbocycles. The summed E-state index contributed by atoms with van der Waals surface area (Å²) in [6.07, 6.45) is 55.5. The van der Waals surface area contributed by atoms with Crippen LogP contribution in [0.3, 0.4) is 0 Å². The number of aliphatic hydroxyl groups is 1. The van der Waals surface area contributed by atoms with E-state index in [2.05, 4.69) is 79.9 Å². The Bertz CT molecular complexity index is 1190. The number of quaternary nitrogens is 1. The number of phosphoric ester groups is 1. The van der Waals surface area contributed by atoms with Gasteiger partial charge in [-0.2, -0.15) is 0 Å². The molecule has 9 heteroatoms. The summed E-state index contributed by atoms with van der Waals surface area (Å²) in [6, 6.07) is -0.876. The molecule has 342 valence electrons. The van der Waals surface area contributed by atoms with Crippen molar-refractivity contribution in [3.63, 3.8) is 0 Å². The number of hydrogen-bond acceptors (Lipinski definition) is 5. The van der Waals surface area contributed by atoms with Crippen molar-refractivity contribution in [3.8, 4) is 0 Å². The van der Waals surface area contributed by atoms with Gasteiger partial charge in [0, 0.05) is 6.42 Å². The van der Waals surface area contributed by atoms with Crippen LogP contribution in [0.15, 0.2) is 72.9 Å². The zero-order valence-corrected chi connectivity index (χ0v) is 39.6. The van der Waals surface area contributed by atoms with Crippen LogP contribution in [0.4, 0.5) is 0 Å². The SMILES string of the molecule is CCCCCC/C=C/CC/C=C/CC/C=C/C(O)C(COP(=O)(O)OCC[N+](C)(C)C)NC(=O)CCCCCCCCCC/C=C\C/C=C\C/C=C\CCCCCCC. The average molecular weight is 848 g/mol. The third-order valence-electron chi connectivity index (χ3n) is 10.1. The molecule has 1 amide bonds. The van der Waals surface area contributed by atoms with Crippen molar-refractivity contribution in [1.29, 1.82) is 0 Å². The quantitative estimate of drug-likeness (QED) is 0.0245. The molecule has 59 heavy (non-hydrogen) atoms. The molecule has 0 radical (unpaired) electrons. The number of carbonyl (C=O) groups is 1. The molecule has 0 saturated carbocycles. The van der Waals surface area contributed by atoms with E-state index < -0.39 is 20.0 Å². The smallest absolute Gasteiger partial charge is 0.387 e. The molecule has 0 saturated heterocycles. The van der Waals surface area contributed by atoms with Crippen LogP contribution >= 0.6 is 7.82 Å². The molecule has 3 N–H and O–H groups in total. The Labute approximate surface area is 364 Å². The first-order valence-electron chi connectivity index (χ1n) is 23.8. The van der Waals surface area contributed by atoms with Gasteiger partial charge in [0.1, 0.15) is 13.2 Å². The van der Waals surface area contributed by atoms with Gasteiger partial charge in [-0.25, -0.2) is 4.57 Å². The number of unbranched alkanes of at least 4 members (excludes halogenated alkanes) is 19. The largest absolute Gasteiger partial charge is 0.472 e. The Morgan fingerprint density at radius 2 is 0.983 bits per heavy atom. The minimum atomic E-state index is -4.36. The maximum absolute atomic E-state index is 12.9.